The number of urea groups is 1. The van der Waals surface area contributed by atoms with E-state index in [2.05, 4.69) is 4.90 Å². The first-order chi connectivity index (χ1) is 14.5. The Balaban J connectivity index is 1.49. The molecule has 6 heteroatoms. The maximum absolute atomic E-state index is 13.5. The van der Waals surface area contributed by atoms with Gasteiger partial charge in [0.15, 0.2) is 0 Å². The van der Waals surface area contributed by atoms with Gasteiger partial charge in [0.25, 0.3) is 5.91 Å². The van der Waals surface area contributed by atoms with Gasteiger partial charge in [0.05, 0.1) is 6.54 Å². The number of likely N-dealkylation sites (tertiary alicyclic amines) is 1. The highest BCUT2D eigenvalue weighted by molar-refractivity contribution is 6.07. The molecule has 0 N–H and O–H groups in total. The van der Waals surface area contributed by atoms with E-state index in [1.807, 2.05) is 42.2 Å². The van der Waals surface area contributed by atoms with Gasteiger partial charge in [-0.1, -0.05) is 49.4 Å². The van der Waals surface area contributed by atoms with Crippen molar-refractivity contribution in [1.82, 2.24) is 14.7 Å². The van der Waals surface area contributed by atoms with E-state index in [1.54, 1.807) is 12.1 Å². The van der Waals surface area contributed by atoms with Gasteiger partial charge in [0, 0.05) is 26.2 Å². The van der Waals surface area contributed by atoms with Crippen LogP contribution in [-0.2, 0) is 17.9 Å². The number of hydrogen-bond acceptors (Lipinski definition) is 3. The van der Waals surface area contributed by atoms with Crippen molar-refractivity contribution in [2.75, 3.05) is 19.6 Å². The van der Waals surface area contributed by atoms with Crippen LogP contribution >= 0.6 is 0 Å². The molecule has 0 atom stereocenters. The van der Waals surface area contributed by atoms with Crippen molar-refractivity contribution in [1.29, 1.82) is 0 Å². The number of halogens is 1. The van der Waals surface area contributed by atoms with Gasteiger partial charge in [0.2, 0.25) is 0 Å². The molecule has 1 spiro atoms. The predicted octanol–water partition coefficient (Wildman–Crippen LogP) is 4.03. The largest absolute Gasteiger partial charge is 0.327 e. The van der Waals surface area contributed by atoms with Crippen LogP contribution in [0.25, 0.3) is 0 Å². The molecular weight excluding hydrogens is 381 g/mol. The van der Waals surface area contributed by atoms with Crippen LogP contribution in [0.3, 0.4) is 0 Å². The van der Waals surface area contributed by atoms with E-state index in [-0.39, 0.29) is 17.8 Å². The first-order valence-electron chi connectivity index (χ1n) is 10.7. The van der Waals surface area contributed by atoms with Gasteiger partial charge in [-0.3, -0.25) is 14.6 Å². The standard InChI is InChI=1S/C24H28FN3O2/c1-2-14-28-23(30)27(18-19-6-4-3-5-7-19)22(29)24(28)12-15-26(16-13-24)17-20-8-10-21(25)11-9-20/h3-11H,2,12-18H2,1H3. The second kappa shape index (κ2) is 8.56. The lowest BCUT2D eigenvalue weighted by Gasteiger charge is -2.42. The molecule has 2 aromatic carbocycles. The number of benzene rings is 2. The summed E-state index contributed by atoms with van der Waals surface area (Å²) in [6, 6.07) is 16.1. The van der Waals surface area contributed by atoms with E-state index in [4.69, 9.17) is 0 Å². The van der Waals surface area contributed by atoms with Crippen LogP contribution in [0.1, 0.15) is 37.3 Å². The summed E-state index contributed by atoms with van der Waals surface area (Å²) in [5.74, 6) is -0.300. The zero-order chi connectivity index (χ0) is 21.1. The van der Waals surface area contributed by atoms with E-state index in [9.17, 15) is 14.0 Å². The third-order valence-corrected chi connectivity index (χ3v) is 6.26. The molecule has 0 saturated carbocycles. The summed E-state index contributed by atoms with van der Waals surface area (Å²) in [6.07, 6.45) is 2.08. The van der Waals surface area contributed by atoms with Gasteiger partial charge in [-0.2, -0.15) is 0 Å². The number of amides is 3. The smallest absolute Gasteiger partial charge is 0.309 e. The van der Waals surface area contributed by atoms with Crippen molar-refractivity contribution < 1.29 is 14.0 Å². The lowest BCUT2D eigenvalue weighted by Crippen LogP contribution is -2.56. The molecular formula is C24H28FN3O2. The van der Waals surface area contributed by atoms with Crippen molar-refractivity contribution in [3.8, 4) is 0 Å². The number of carbonyl (C=O) groups excluding carboxylic acids is 2. The highest BCUT2D eigenvalue weighted by atomic mass is 19.1. The molecule has 0 radical (unpaired) electrons. The fourth-order valence-electron chi connectivity index (χ4n) is 4.63. The Morgan fingerprint density at radius 1 is 0.900 bits per heavy atom. The summed E-state index contributed by atoms with van der Waals surface area (Å²) >= 11 is 0. The van der Waals surface area contributed by atoms with Gasteiger partial charge >= 0.3 is 6.03 Å². The first kappa shape index (κ1) is 20.5. The number of rotatable bonds is 6. The third-order valence-electron chi connectivity index (χ3n) is 6.26. The SMILES string of the molecule is CCCN1C(=O)N(Cc2ccccc2)C(=O)C12CCN(Cc1ccc(F)cc1)CC2. The molecule has 3 amide bonds. The maximum atomic E-state index is 13.5. The van der Waals surface area contributed by atoms with Crippen molar-refractivity contribution in [3.05, 3.63) is 71.5 Å². The van der Waals surface area contributed by atoms with Crippen molar-refractivity contribution in [3.63, 3.8) is 0 Å². The van der Waals surface area contributed by atoms with Gasteiger partial charge in [-0.05, 0) is 42.5 Å². The van der Waals surface area contributed by atoms with Crippen LogP contribution in [0.15, 0.2) is 54.6 Å². The van der Waals surface area contributed by atoms with Gasteiger partial charge < -0.3 is 4.90 Å². The highest BCUT2D eigenvalue weighted by Gasteiger charge is 2.57. The summed E-state index contributed by atoms with van der Waals surface area (Å²) in [5.41, 5.74) is 1.28. The monoisotopic (exact) mass is 409 g/mol. The molecule has 2 saturated heterocycles. The van der Waals surface area contributed by atoms with Gasteiger partial charge in [-0.15, -0.1) is 0 Å². The Bertz CT molecular complexity index is 892. The van der Waals surface area contributed by atoms with Crippen LogP contribution in [0, 0.1) is 5.82 Å². The summed E-state index contributed by atoms with van der Waals surface area (Å²) in [6.45, 7) is 5.13. The van der Waals surface area contributed by atoms with Crippen LogP contribution in [-0.4, -0.2) is 51.8 Å². The molecule has 2 aliphatic heterocycles. The molecule has 5 nitrogen and oxygen atoms in total. The summed E-state index contributed by atoms with van der Waals surface area (Å²) in [5, 5.41) is 0. The number of nitrogens with zero attached hydrogens (tertiary/aromatic N) is 3. The molecule has 0 aromatic heterocycles. The Hall–Kier alpha value is -2.73. The van der Waals surface area contributed by atoms with Gasteiger partial charge in [-0.25, -0.2) is 9.18 Å². The number of carbonyl (C=O) groups is 2. The normalized spacial score (nSPS) is 19.1. The highest BCUT2D eigenvalue weighted by Crippen LogP contribution is 2.38. The van der Waals surface area contributed by atoms with E-state index < -0.39 is 5.54 Å². The fraction of sp³-hybridized carbons (Fsp3) is 0.417. The Morgan fingerprint density at radius 2 is 1.53 bits per heavy atom. The summed E-state index contributed by atoms with van der Waals surface area (Å²) < 4.78 is 13.2. The van der Waals surface area contributed by atoms with Crippen LogP contribution < -0.4 is 0 Å². The summed E-state index contributed by atoms with van der Waals surface area (Å²) in [7, 11) is 0. The minimum atomic E-state index is -0.735. The molecule has 158 valence electrons. The Morgan fingerprint density at radius 3 is 2.17 bits per heavy atom. The average molecular weight is 410 g/mol. The van der Waals surface area contributed by atoms with E-state index in [1.165, 1.54) is 17.0 Å². The van der Waals surface area contributed by atoms with Crippen LogP contribution in [0.4, 0.5) is 9.18 Å². The molecule has 2 aromatic rings. The number of imide groups is 1. The van der Waals surface area contributed by atoms with E-state index in [0.29, 0.717) is 25.9 Å². The molecule has 0 unspecified atom stereocenters. The van der Waals surface area contributed by atoms with E-state index >= 15 is 0 Å². The Kier molecular flexibility index (Phi) is 5.86. The minimum absolute atomic E-state index is 0.0637. The lowest BCUT2D eigenvalue weighted by molar-refractivity contribution is -0.136. The molecule has 2 fully saturated rings. The zero-order valence-electron chi connectivity index (χ0n) is 17.4. The quantitative estimate of drug-likeness (QED) is 0.677. The summed E-state index contributed by atoms with van der Waals surface area (Å²) in [4.78, 5) is 32.2. The number of piperidine rings is 1. The second-order valence-electron chi connectivity index (χ2n) is 8.25. The van der Waals surface area contributed by atoms with Crippen molar-refractivity contribution >= 4 is 11.9 Å². The van der Waals surface area contributed by atoms with Crippen LogP contribution in [0.5, 0.6) is 0 Å². The molecule has 4 rings (SSSR count). The van der Waals surface area contributed by atoms with Crippen LogP contribution in [0.2, 0.25) is 0 Å². The topological polar surface area (TPSA) is 43.9 Å². The van der Waals surface area contributed by atoms with E-state index in [0.717, 1.165) is 37.2 Å². The minimum Gasteiger partial charge on any atom is -0.309 e. The third kappa shape index (κ3) is 3.84. The Labute approximate surface area is 177 Å². The van der Waals surface area contributed by atoms with Crippen molar-refractivity contribution in [2.45, 2.75) is 44.8 Å². The fourth-order valence-corrected chi connectivity index (χ4v) is 4.63. The lowest BCUT2D eigenvalue weighted by atomic mass is 9.85. The zero-order valence-corrected chi connectivity index (χ0v) is 17.4. The predicted molar refractivity (Wildman–Crippen MR) is 113 cm³/mol. The molecule has 0 bridgehead atoms. The molecule has 30 heavy (non-hydrogen) atoms. The maximum Gasteiger partial charge on any atom is 0.327 e. The molecule has 2 aliphatic rings. The van der Waals surface area contributed by atoms with Gasteiger partial charge in [0.1, 0.15) is 11.4 Å². The molecule has 2 heterocycles. The first-order valence-corrected chi connectivity index (χ1v) is 10.7. The molecule has 0 aliphatic carbocycles. The number of hydrogen-bond donors (Lipinski definition) is 0. The average Bonchev–Trinajstić information content (AvgIpc) is 2.94. The van der Waals surface area contributed by atoms with Crippen molar-refractivity contribution in [2.24, 2.45) is 0 Å². The second-order valence-corrected chi connectivity index (χ2v) is 8.25.